The summed E-state index contributed by atoms with van der Waals surface area (Å²) in [4.78, 5) is 23.9. The van der Waals surface area contributed by atoms with E-state index in [-0.39, 0.29) is 10.8 Å². The summed E-state index contributed by atoms with van der Waals surface area (Å²) in [5.74, 6) is 1.50. The van der Waals surface area contributed by atoms with Crippen molar-refractivity contribution in [2.45, 2.75) is 57.9 Å². The minimum Gasteiger partial charge on any atom is -0.356 e. The fraction of sp³-hybridized carbons (Fsp3) is 0.522. The largest absolute Gasteiger partial charge is 0.356 e. The number of aromatic nitrogens is 2. The molecule has 8 nitrogen and oxygen atoms in total. The van der Waals surface area contributed by atoms with E-state index < -0.39 is 22.0 Å². The average molecular weight is 460 g/mol. The third-order valence-corrected chi connectivity index (χ3v) is 7.15. The number of amides is 1. The van der Waals surface area contributed by atoms with Crippen molar-refractivity contribution in [3.8, 4) is 0 Å². The van der Waals surface area contributed by atoms with E-state index >= 15 is 0 Å². The molecule has 32 heavy (non-hydrogen) atoms. The SMILES string of the molecule is Cc1ccc(S(=O)(=O)N[C@@H](CC(C)C)C(=O)Nc2cc(N3CCC(C)CC3)ncn2)cc1. The van der Waals surface area contributed by atoms with Crippen LogP contribution in [0, 0.1) is 18.8 Å². The second kappa shape index (κ2) is 10.4. The quantitative estimate of drug-likeness (QED) is 0.627. The third kappa shape index (κ3) is 6.49. The van der Waals surface area contributed by atoms with Gasteiger partial charge in [-0.25, -0.2) is 18.4 Å². The molecule has 3 rings (SSSR count). The second-order valence-electron chi connectivity index (χ2n) is 9.04. The number of piperidine rings is 1. The maximum atomic E-state index is 13.0. The van der Waals surface area contributed by atoms with E-state index in [4.69, 9.17) is 0 Å². The molecule has 1 aliphatic heterocycles. The van der Waals surface area contributed by atoms with E-state index in [9.17, 15) is 13.2 Å². The van der Waals surface area contributed by atoms with Crippen LogP contribution in [0.25, 0.3) is 0 Å². The van der Waals surface area contributed by atoms with Crippen LogP contribution in [-0.4, -0.2) is 43.4 Å². The summed E-state index contributed by atoms with van der Waals surface area (Å²) in [5.41, 5.74) is 0.961. The number of carbonyl (C=O) groups is 1. The van der Waals surface area contributed by atoms with E-state index in [1.807, 2.05) is 20.8 Å². The van der Waals surface area contributed by atoms with Gasteiger partial charge >= 0.3 is 0 Å². The van der Waals surface area contributed by atoms with Crippen LogP contribution in [0.5, 0.6) is 0 Å². The Morgan fingerprint density at radius 2 is 1.81 bits per heavy atom. The van der Waals surface area contributed by atoms with E-state index in [2.05, 4.69) is 31.8 Å². The number of sulfonamides is 1. The number of nitrogens with zero attached hydrogens (tertiary/aromatic N) is 3. The van der Waals surface area contributed by atoms with Crippen molar-refractivity contribution in [1.82, 2.24) is 14.7 Å². The van der Waals surface area contributed by atoms with E-state index in [0.717, 1.165) is 37.3 Å². The number of hydrogen-bond donors (Lipinski definition) is 2. The van der Waals surface area contributed by atoms with Gasteiger partial charge in [0.05, 0.1) is 4.90 Å². The van der Waals surface area contributed by atoms with Crippen molar-refractivity contribution in [3.63, 3.8) is 0 Å². The van der Waals surface area contributed by atoms with Crippen molar-refractivity contribution >= 4 is 27.6 Å². The number of carbonyl (C=O) groups excluding carboxylic acids is 1. The van der Waals surface area contributed by atoms with Crippen molar-refractivity contribution in [3.05, 3.63) is 42.2 Å². The van der Waals surface area contributed by atoms with Crippen LogP contribution in [0.2, 0.25) is 0 Å². The Morgan fingerprint density at radius 1 is 1.16 bits per heavy atom. The minimum absolute atomic E-state index is 0.114. The monoisotopic (exact) mass is 459 g/mol. The van der Waals surface area contributed by atoms with Gasteiger partial charge in [0.25, 0.3) is 0 Å². The third-order valence-electron chi connectivity index (χ3n) is 5.66. The number of aryl methyl sites for hydroxylation is 1. The molecule has 2 heterocycles. The number of anilines is 2. The first kappa shape index (κ1) is 24.1. The van der Waals surface area contributed by atoms with Gasteiger partial charge in [0.15, 0.2) is 0 Å². The van der Waals surface area contributed by atoms with Crippen LogP contribution in [0.1, 0.15) is 45.6 Å². The predicted molar refractivity (Wildman–Crippen MR) is 126 cm³/mol. The molecule has 1 aliphatic rings. The highest BCUT2D eigenvalue weighted by atomic mass is 32.2. The molecule has 1 amide bonds. The van der Waals surface area contributed by atoms with Gasteiger partial charge in [-0.2, -0.15) is 4.72 Å². The maximum Gasteiger partial charge on any atom is 0.243 e. The van der Waals surface area contributed by atoms with Gasteiger partial charge in [0.2, 0.25) is 15.9 Å². The standard InChI is InChI=1S/C23H33N5O3S/c1-16(2)13-20(27-32(30,31)19-7-5-17(3)6-8-19)23(29)26-21-14-22(25-15-24-21)28-11-9-18(4)10-12-28/h5-8,14-16,18,20,27H,9-13H2,1-4H3,(H,24,25,26,29)/t20-/m0/s1. The molecule has 174 valence electrons. The van der Waals surface area contributed by atoms with E-state index in [1.54, 1.807) is 18.2 Å². The molecule has 2 aromatic rings. The normalized spacial score (nSPS) is 16.2. The van der Waals surface area contributed by atoms with Gasteiger partial charge in [0, 0.05) is 19.2 Å². The first-order chi connectivity index (χ1) is 15.1. The summed E-state index contributed by atoms with van der Waals surface area (Å²) in [6.45, 7) is 9.85. The molecule has 9 heteroatoms. The van der Waals surface area contributed by atoms with Crippen molar-refractivity contribution in [2.75, 3.05) is 23.3 Å². The van der Waals surface area contributed by atoms with Crippen molar-refractivity contribution in [1.29, 1.82) is 0 Å². The Kier molecular flexibility index (Phi) is 7.84. The highest BCUT2D eigenvalue weighted by Gasteiger charge is 2.27. The first-order valence-electron chi connectivity index (χ1n) is 11.1. The topological polar surface area (TPSA) is 104 Å². The molecule has 2 N–H and O–H groups in total. The van der Waals surface area contributed by atoms with Gasteiger partial charge < -0.3 is 10.2 Å². The van der Waals surface area contributed by atoms with Gasteiger partial charge in [-0.3, -0.25) is 4.79 Å². The van der Waals surface area contributed by atoms with Gasteiger partial charge in [-0.1, -0.05) is 38.5 Å². The van der Waals surface area contributed by atoms with Gasteiger partial charge in [-0.05, 0) is 50.2 Å². The lowest BCUT2D eigenvalue weighted by atomic mass is 9.99. The molecule has 0 saturated carbocycles. The molecule has 0 aliphatic carbocycles. The fourth-order valence-corrected chi connectivity index (χ4v) is 4.90. The van der Waals surface area contributed by atoms with Crippen LogP contribution >= 0.6 is 0 Å². The number of rotatable bonds is 8. The lowest BCUT2D eigenvalue weighted by Gasteiger charge is -2.31. The van der Waals surface area contributed by atoms with Gasteiger partial charge in [0.1, 0.15) is 24.0 Å². The molecule has 1 aromatic carbocycles. The minimum atomic E-state index is -3.84. The average Bonchev–Trinajstić information content (AvgIpc) is 2.74. The van der Waals surface area contributed by atoms with Crippen molar-refractivity contribution < 1.29 is 13.2 Å². The Bertz CT molecular complexity index is 1020. The van der Waals surface area contributed by atoms with Crippen molar-refractivity contribution in [2.24, 2.45) is 11.8 Å². The zero-order valence-corrected chi connectivity index (χ0v) is 20.0. The second-order valence-corrected chi connectivity index (χ2v) is 10.8. The van der Waals surface area contributed by atoms with E-state index in [1.165, 1.54) is 18.5 Å². The number of benzene rings is 1. The molecule has 0 bridgehead atoms. The highest BCUT2D eigenvalue weighted by Crippen LogP contribution is 2.22. The summed E-state index contributed by atoms with van der Waals surface area (Å²) in [7, 11) is -3.84. The summed E-state index contributed by atoms with van der Waals surface area (Å²) in [6, 6.07) is 7.37. The lowest BCUT2D eigenvalue weighted by Crippen LogP contribution is -2.44. The molecule has 1 saturated heterocycles. The summed E-state index contributed by atoms with van der Waals surface area (Å²) in [5, 5.41) is 2.78. The summed E-state index contributed by atoms with van der Waals surface area (Å²) in [6.07, 6.45) is 3.99. The maximum absolute atomic E-state index is 13.0. The molecular weight excluding hydrogens is 426 g/mol. The van der Waals surface area contributed by atoms with E-state index in [0.29, 0.717) is 18.2 Å². The summed E-state index contributed by atoms with van der Waals surface area (Å²) >= 11 is 0. The highest BCUT2D eigenvalue weighted by molar-refractivity contribution is 7.89. The molecule has 0 unspecified atom stereocenters. The molecule has 0 radical (unpaired) electrons. The number of nitrogens with one attached hydrogen (secondary N) is 2. The smallest absolute Gasteiger partial charge is 0.243 e. The molecule has 0 spiro atoms. The zero-order chi connectivity index (χ0) is 23.3. The van der Waals surface area contributed by atoms with Crippen LogP contribution in [0.15, 0.2) is 41.6 Å². The van der Waals surface area contributed by atoms with Crippen LogP contribution in [-0.2, 0) is 14.8 Å². The Balaban J connectivity index is 1.73. The number of hydrogen-bond acceptors (Lipinski definition) is 6. The van der Waals surface area contributed by atoms with Crippen LogP contribution in [0.4, 0.5) is 11.6 Å². The molecule has 1 fully saturated rings. The Hall–Kier alpha value is -2.52. The molecule has 1 aromatic heterocycles. The first-order valence-corrected chi connectivity index (χ1v) is 12.6. The molecule has 1 atom stereocenters. The van der Waals surface area contributed by atoms with Crippen LogP contribution < -0.4 is 14.9 Å². The van der Waals surface area contributed by atoms with Crippen LogP contribution in [0.3, 0.4) is 0 Å². The summed E-state index contributed by atoms with van der Waals surface area (Å²) < 4.78 is 28.3. The van der Waals surface area contributed by atoms with Gasteiger partial charge in [-0.15, -0.1) is 0 Å². The fourth-order valence-electron chi connectivity index (χ4n) is 3.69. The predicted octanol–water partition coefficient (Wildman–Crippen LogP) is 3.35. The Morgan fingerprint density at radius 3 is 2.44 bits per heavy atom. The zero-order valence-electron chi connectivity index (χ0n) is 19.2. The Labute approximate surface area is 190 Å². The molecular formula is C23H33N5O3S. The lowest BCUT2D eigenvalue weighted by molar-refractivity contribution is -0.118.